The lowest BCUT2D eigenvalue weighted by atomic mass is 9.96. The van der Waals surface area contributed by atoms with Crippen molar-refractivity contribution in [1.29, 1.82) is 0 Å². The van der Waals surface area contributed by atoms with Gasteiger partial charge in [0.2, 0.25) is 5.91 Å². The van der Waals surface area contributed by atoms with E-state index in [-0.39, 0.29) is 11.8 Å². The quantitative estimate of drug-likeness (QED) is 0.508. The van der Waals surface area contributed by atoms with E-state index in [4.69, 9.17) is 23.2 Å². The molecule has 1 unspecified atom stereocenters. The van der Waals surface area contributed by atoms with Gasteiger partial charge in [0.1, 0.15) is 0 Å². The van der Waals surface area contributed by atoms with Crippen molar-refractivity contribution in [1.82, 2.24) is 15.1 Å². The van der Waals surface area contributed by atoms with Crippen LogP contribution in [0.1, 0.15) is 12.8 Å². The molecule has 0 saturated carbocycles. The van der Waals surface area contributed by atoms with Gasteiger partial charge in [-0.1, -0.05) is 59.6 Å². The molecule has 0 N–H and O–H groups in total. The van der Waals surface area contributed by atoms with Crippen LogP contribution in [-0.4, -0.2) is 60.3 Å². The molecule has 1 amide bonds. The molecule has 0 radical (unpaired) electrons. The molecule has 2 fully saturated rings. The zero-order chi connectivity index (χ0) is 23.5. The van der Waals surface area contributed by atoms with Crippen molar-refractivity contribution in [3.8, 4) is 11.3 Å². The third-order valence-electron chi connectivity index (χ3n) is 6.68. The van der Waals surface area contributed by atoms with Crippen molar-refractivity contribution in [2.75, 3.05) is 49.1 Å². The third kappa shape index (κ3) is 4.84. The number of hydrogen-bond acceptors (Lipinski definition) is 5. The van der Waals surface area contributed by atoms with Gasteiger partial charge in [0.25, 0.3) is 0 Å². The van der Waals surface area contributed by atoms with E-state index in [2.05, 4.69) is 20.0 Å². The number of benzene rings is 2. The third-order valence-corrected chi connectivity index (χ3v) is 7.49. The molecule has 3 aromatic rings. The van der Waals surface area contributed by atoms with Gasteiger partial charge in [-0.05, 0) is 37.1 Å². The number of aromatic nitrogens is 2. The Morgan fingerprint density at radius 3 is 2.35 bits per heavy atom. The zero-order valence-electron chi connectivity index (χ0n) is 18.9. The average molecular weight is 496 g/mol. The Bertz CT molecular complexity index is 1130. The highest BCUT2D eigenvalue weighted by Crippen LogP contribution is 2.33. The Balaban J connectivity index is 1.20. The second-order valence-corrected chi connectivity index (χ2v) is 9.60. The molecule has 8 heteroatoms. The van der Waals surface area contributed by atoms with E-state index in [1.165, 1.54) is 0 Å². The van der Waals surface area contributed by atoms with E-state index < -0.39 is 0 Å². The maximum atomic E-state index is 13.3. The van der Waals surface area contributed by atoms with E-state index in [0.717, 1.165) is 55.2 Å². The van der Waals surface area contributed by atoms with Crippen LogP contribution < -0.4 is 9.80 Å². The summed E-state index contributed by atoms with van der Waals surface area (Å²) >= 11 is 12.6. The second kappa shape index (κ2) is 10.2. The zero-order valence-corrected chi connectivity index (χ0v) is 20.4. The number of piperidine rings is 1. The van der Waals surface area contributed by atoms with Gasteiger partial charge in [-0.25, -0.2) is 0 Å². The summed E-state index contributed by atoms with van der Waals surface area (Å²) in [5, 5.41) is 10.0. The summed E-state index contributed by atoms with van der Waals surface area (Å²) in [5.41, 5.74) is 2.83. The number of nitrogens with zero attached hydrogens (tertiary/aromatic N) is 5. The first-order valence-corrected chi connectivity index (χ1v) is 12.5. The molecule has 0 spiro atoms. The Hall–Kier alpha value is -2.83. The highest BCUT2D eigenvalue weighted by atomic mass is 35.5. The monoisotopic (exact) mass is 495 g/mol. The first-order chi connectivity index (χ1) is 16.6. The molecule has 176 valence electrons. The number of carbonyl (C=O) groups excluding carboxylic acids is 1. The van der Waals surface area contributed by atoms with Crippen LogP contribution in [0.25, 0.3) is 11.3 Å². The molecule has 1 aromatic heterocycles. The molecule has 5 rings (SSSR count). The normalized spacial score (nSPS) is 18.8. The van der Waals surface area contributed by atoms with Crippen molar-refractivity contribution in [2.24, 2.45) is 5.92 Å². The van der Waals surface area contributed by atoms with Crippen molar-refractivity contribution in [3.63, 3.8) is 0 Å². The van der Waals surface area contributed by atoms with Gasteiger partial charge in [0, 0.05) is 44.8 Å². The number of anilines is 2. The lowest BCUT2D eigenvalue weighted by Gasteiger charge is -2.40. The van der Waals surface area contributed by atoms with Gasteiger partial charge in [-0.2, -0.15) is 0 Å². The molecule has 2 aromatic carbocycles. The predicted molar refractivity (Wildman–Crippen MR) is 138 cm³/mol. The molecule has 6 nitrogen and oxygen atoms in total. The van der Waals surface area contributed by atoms with Gasteiger partial charge in [0.05, 0.1) is 27.3 Å². The first kappa shape index (κ1) is 22.9. The van der Waals surface area contributed by atoms with Gasteiger partial charge >= 0.3 is 0 Å². The highest BCUT2D eigenvalue weighted by Gasteiger charge is 2.32. The fourth-order valence-corrected chi connectivity index (χ4v) is 5.22. The van der Waals surface area contributed by atoms with Crippen molar-refractivity contribution >= 4 is 40.6 Å². The van der Waals surface area contributed by atoms with Crippen LogP contribution in [0, 0.1) is 5.92 Å². The molecular weight excluding hydrogens is 469 g/mol. The van der Waals surface area contributed by atoms with Crippen molar-refractivity contribution in [2.45, 2.75) is 12.8 Å². The smallest absolute Gasteiger partial charge is 0.227 e. The van der Waals surface area contributed by atoms with Crippen LogP contribution in [-0.2, 0) is 4.79 Å². The largest absolute Gasteiger partial charge is 0.367 e. The fourth-order valence-electron chi connectivity index (χ4n) is 4.81. The summed E-state index contributed by atoms with van der Waals surface area (Å²) in [6, 6.07) is 19.7. The standard InChI is InChI=1S/C26H27Cl2N5O/c27-21-9-4-10-23(25(21)28)31-14-16-32(17-15-31)26(34)20-8-5-13-33(18-20)24-12-11-22(29-30-24)19-6-2-1-3-7-19/h1-4,6-7,9-12,20H,5,8,13-18H2. The number of amides is 1. The molecule has 1 atom stereocenters. The molecule has 2 saturated heterocycles. The summed E-state index contributed by atoms with van der Waals surface area (Å²) in [4.78, 5) is 19.7. The number of halogens is 2. The minimum atomic E-state index is -0.0225. The van der Waals surface area contributed by atoms with Crippen LogP contribution in [0.3, 0.4) is 0 Å². The number of piperazine rings is 1. The molecular formula is C26H27Cl2N5O. The van der Waals surface area contributed by atoms with Crippen LogP contribution in [0.15, 0.2) is 60.7 Å². The van der Waals surface area contributed by atoms with Gasteiger partial charge in [-0.15, -0.1) is 10.2 Å². The SMILES string of the molecule is O=C(C1CCCN(c2ccc(-c3ccccc3)nn2)C1)N1CCN(c2cccc(Cl)c2Cl)CC1. The Morgan fingerprint density at radius 1 is 0.824 bits per heavy atom. The molecule has 2 aliphatic rings. The number of carbonyl (C=O) groups is 1. The summed E-state index contributed by atoms with van der Waals surface area (Å²) < 4.78 is 0. The van der Waals surface area contributed by atoms with E-state index in [1.54, 1.807) is 6.07 Å². The topological polar surface area (TPSA) is 52.6 Å². The Morgan fingerprint density at radius 2 is 1.62 bits per heavy atom. The number of rotatable bonds is 4. The summed E-state index contributed by atoms with van der Waals surface area (Å²) in [7, 11) is 0. The summed E-state index contributed by atoms with van der Waals surface area (Å²) in [6.07, 6.45) is 1.88. The fraction of sp³-hybridized carbons (Fsp3) is 0.346. The summed E-state index contributed by atoms with van der Waals surface area (Å²) in [6.45, 7) is 4.43. The van der Waals surface area contributed by atoms with E-state index >= 15 is 0 Å². The second-order valence-electron chi connectivity index (χ2n) is 8.81. The maximum Gasteiger partial charge on any atom is 0.227 e. The minimum Gasteiger partial charge on any atom is -0.367 e. The molecule has 0 bridgehead atoms. The van der Waals surface area contributed by atoms with Crippen molar-refractivity contribution in [3.05, 3.63) is 70.7 Å². The average Bonchev–Trinajstić information content (AvgIpc) is 2.91. The maximum absolute atomic E-state index is 13.3. The van der Waals surface area contributed by atoms with Crippen LogP contribution in [0.5, 0.6) is 0 Å². The van der Waals surface area contributed by atoms with Crippen molar-refractivity contribution < 1.29 is 4.79 Å². The van der Waals surface area contributed by atoms with E-state index in [0.29, 0.717) is 29.7 Å². The van der Waals surface area contributed by atoms with E-state index in [1.807, 2.05) is 59.5 Å². The van der Waals surface area contributed by atoms with Gasteiger partial charge in [0.15, 0.2) is 5.82 Å². The highest BCUT2D eigenvalue weighted by molar-refractivity contribution is 6.43. The van der Waals surface area contributed by atoms with Gasteiger partial charge < -0.3 is 14.7 Å². The Kier molecular flexibility index (Phi) is 6.88. The van der Waals surface area contributed by atoms with Crippen LogP contribution in [0.2, 0.25) is 10.0 Å². The molecule has 0 aliphatic carbocycles. The molecule has 2 aliphatic heterocycles. The minimum absolute atomic E-state index is 0.0225. The predicted octanol–water partition coefficient (Wildman–Crippen LogP) is 5.02. The van der Waals surface area contributed by atoms with E-state index in [9.17, 15) is 4.79 Å². The molecule has 34 heavy (non-hydrogen) atoms. The Labute approximate surface area is 210 Å². The lowest BCUT2D eigenvalue weighted by Crippen LogP contribution is -2.52. The van der Waals surface area contributed by atoms with Gasteiger partial charge in [-0.3, -0.25) is 4.79 Å². The van der Waals surface area contributed by atoms with Crippen LogP contribution in [0.4, 0.5) is 11.5 Å². The first-order valence-electron chi connectivity index (χ1n) is 11.7. The molecule has 3 heterocycles. The lowest BCUT2D eigenvalue weighted by molar-refractivity contribution is -0.136. The van der Waals surface area contributed by atoms with Crippen LogP contribution >= 0.6 is 23.2 Å². The number of hydrogen-bond donors (Lipinski definition) is 0. The summed E-state index contributed by atoms with van der Waals surface area (Å²) in [5.74, 6) is 1.04.